The molecule has 364 valence electrons. The summed E-state index contributed by atoms with van der Waals surface area (Å²) < 4.78 is 30.6. The van der Waals surface area contributed by atoms with Crippen LogP contribution in [-0.4, -0.2) is 21.3 Å². The van der Waals surface area contributed by atoms with Gasteiger partial charge in [0.2, 0.25) is 0 Å². The number of phosphoric ester groups is 1. The van der Waals surface area contributed by atoms with E-state index < -0.39 is 15.6 Å². The highest BCUT2D eigenvalue weighted by Gasteiger charge is 2.31. The molecule has 0 rings (SSSR count). The van der Waals surface area contributed by atoms with E-state index >= 15 is 0 Å². The van der Waals surface area contributed by atoms with Crippen LogP contribution in [0.4, 0.5) is 0 Å². The Bertz CT molecular complexity index is 1800. The number of rotatable bonds is 35. The topological polar surface area (TPSA) is 113 Å². The van der Waals surface area contributed by atoms with Crippen molar-refractivity contribution in [3.8, 4) is 0 Å². The van der Waals surface area contributed by atoms with Crippen LogP contribution in [0.3, 0.4) is 0 Å². The molecule has 0 amide bonds. The highest BCUT2D eigenvalue weighted by Crippen LogP contribution is 2.57. The highest BCUT2D eigenvalue weighted by molar-refractivity contribution is 7.60. The predicted octanol–water partition coefficient (Wildman–Crippen LogP) is 18.4. The third-order valence-corrected chi connectivity index (χ3v) is 13.4. The zero-order valence-corrected chi connectivity index (χ0v) is 44.4. The van der Waals surface area contributed by atoms with Crippen LogP contribution in [0.15, 0.2) is 128 Å². The fourth-order valence-electron chi connectivity index (χ4n) is 6.96. The SMILES string of the molecule is CC(C)=CCCC(C)=CCCC(C)=CCCC(C)=CCCC(C)=CCCC(C)=CCCC(C)=CCCC(C)=CCCC(C)=CCCC(C)=CCCC(C)=CCOP(=O)(O)OP(=O)(O)O. The molecule has 1 atom stereocenters. The summed E-state index contributed by atoms with van der Waals surface area (Å²) in [7, 11) is -9.92. The number of hydrogen-bond acceptors (Lipinski definition) is 4. The molecule has 0 bridgehead atoms. The molecule has 0 aliphatic carbocycles. The maximum absolute atomic E-state index is 11.5. The summed E-state index contributed by atoms with van der Waals surface area (Å²) in [4.78, 5) is 26.7. The Morgan fingerprint density at radius 3 is 0.703 bits per heavy atom. The summed E-state index contributed by atoms with van der Waals surface area (Å²) in [5, 5.41) is 0. The molecule has 1 unspecified atom stereocenters. The lowest BCUT2D eigenvalue weighted by Crippen LogP contribution is -1.94. The molecule has 64 heavy (non-hydrogen) atoms. The Kier molecular flexibility index (Phi) is 35.0. The minimum atomic E-state index is -5.11. The second-order valence-corrected chi connectivity index (χ2v) is 21.3. The van der Waals surface area contributed by atoms with Crippen molar-refractivity contribution in [3.63, 3.8) is 0 Å². The molecular formula is C55H92O7P2. The van der Waals surface area contributed by atoms with Gasteiger partial charge < -0.3 is 14.7 Å². The van der Waals surface area contributed by atoms with E-state index in [0.29, 0.717) is 0 Å². The minimum Gasteiger partial charge on any atom is -0.302 e. The van der Waals surface area contributed by atoms with Gasteiger partial charge in [-0.2, -0.15) is 4.31 Å². The molecular weight excluding hydrogens is 835 g/mol. The van der Waals surface area contributed by atoms with Crippen LogP contribution >= 0.6 is 15.6 Å². The van der Waals surface area contributed by atoms with Gasteiger partial charge in [-0.05, 0) is 212 Å². The first kappa shape index (κ1) is 61.4. The van der Waals surface area contributed by atoms with Gasteiger partial charge in [0.15, 0.2) is 0 Å². The lowest BCUT2D eigenvalue weighted by molar-refractivity contribution is 0.191. The third kappa shape index (κ3) is 40.9. The van der Waals surface area contributed by atoms with Gasteiger partial charge in [-0.15, -0.1) is 0 Å². The average Bonchev–Trinajstić information content (AvgIpc) is 3.16. The van der Waals surface area contributed by atoms with Crippen LogP contribution in [0.1, 0.15) is 212 Å². The van der Waals surface area contributed by atoms with Crippen molar-refractivity contribution in [2.45, 2.75) is 212 Å². The molecule has 0 aromatic rings. The number of allylic oxidation sites excluding steroid dienone is 21. The average molecular weight is 927 g/mol. The Morgan fingerprint density at radius 2 is 0.516 bits per heavy atom. The molecule has 0 aromatic carbocycles. The summed E-state index contributed by atoms with van der Waals surface area (Å²) in [5.41, 5.74) is 15.6. The normalized spacial score (nSPS) is 15.9. The van der Waals surface area contributed by atoms with Crippen molar-refractivity contribution in [2.24, 2.45) is 0 Å². The van der Waals surface area contributed by atoms with Crippen molar-refractivity contribution in [2.75, 3.05) is 6.61 Å². The van der Waals surface area contributed by atoms with Crippen molar-refractivity contribution < 1.29 is 32.6 Å². The fourth-order valence-corrected chi connectivity index (χ4v) is 8.48. The van der Waals surface area contributed by atoms with E-state index in [9.17, 15) is 14.0 Å². The second-order valence-electron chi connectivity index (χ2n) is 18.5. The maximum atomic E-state index is 11.5. The molecule has 0 aromatic heterocycles. The lowest BCUT2D eigenvalue weighted by Gasteiger charge is -2.11. The van der Waals surface area contributed by atoms with Crippen molar-refractivity contribution in [1.29, 1.82) is 0 Å². The third-order valence-electron chi connectivity index (χ3n) is 11.3. The molecule has 3 N–H and O–H groups in total. The molecule has 0 heterocycles. The van der Waals surface area contributed by atoms with Crippen LogP contribution in [0, 0.1) is 0 Å². The first-order valence-electron chi connectivity index (χ1n) is 24.0. The van der Waals surface area contributed by atoms with Gasteiger partial charge in [0.05, 0.1) is 6.61 Å². The van der Waals surface area contributed by atoms with Crippen LogP contribution in [0.25, 0.3) is 0 Å². The zero-order chi connectivity index (χ0) is 48.4. The second kappa shape index (κ2) is 36.5. The Hall–Kier alpha value is -2.60. The van der Waals surface area contributed by atoms with Crippen LogP contribution in [0.2, 0.25) is 0 Å². The smallest absolute Gasteiger partial charge is 0.302 e. The van der Waals surface area contributed by atoms with E-state index in [0.717, 1.165) is 121 Å². The maximum Gasteiger partial charge on any atom is 0.481 e. The zero-order valence-electron chi connectivity index (χ0n) is 42.6. The van der Waals surface area contributed by atoms with Gasteiger partial charge in [-0.25, -0.2) is 9.13 Å². The van der Waals surface area contributed by atoms with E-state index in [-0.39, 0.29) is 6.61 Å². The molecule has 0 saturated carbocycles. The van der Waals surface area contributed by atoms with Crippen molar-refractivity contribution in [3.05, 3.63) is 128 Å². The molecule has 0 aliphatic heterocycles. The summed E-state index contributed by atoms with van der Waals surface area (Å²) in [5.74, 6) is 0. The first-order valence-corrected chi connectivity index (χ1v) is 27.0. The lowest BCUT2D eigenvalue weighted by atomic mass is 10.0. The van der Waals surface area contributed by atoms with E-state index in [1.54, 1.807) is 6.08 Å². The highest BCUT2D eigenvalue weighted by atomic mass is 31.3. The summed E-state index contributed by atoms with van der Waals surface area (Å²) in [6, 6.07) is 0. The molecule has 0 aliphatic rings. The Labute approximate surface area is 393 Å². The number of hydrogen-bond donors (Lipinski definition) is 3. The van der Waals surface area contributed by atoms with Gasteiger partial charge in [-0.3, -0.25) is 4.52 Å². The molecule has 0 saturated heterocycles. The molecule has 0 spiro atoms. The van der Waals surface area contributed by atoms with Gasteiger partial charge in [0.25, 0.3) is 0 Å². The summed E-state index contributed by atoms with van der Waals surface area (Å²) in [6.45, 7) is 26.2. The predicted molar refractivity (Wildman–Crippen MR) is 278 cm³/mol. The Balaban J connectivity index is 4.31. The molecule has 0 radical (unpaired) electrons. The van der Waals surface area contributed by atoms with Gasteiger partial charge in [-0.1, -0.05) is 128 Å². The van der Waals surface area contributed by atoms with Gasteiger partial charge in [0.1, 0.15) is 0 Å². The first-order chi connectivity index (χ1) is 30.1. The van der Waals surface area contributed by atoms with Gasteiger partial charge >= 0.3 is 15.6 Å². The quantitative estimate of drug-likeness (QED) is 0.0428. The fraction of sp³-hybridized carbons (Fsp3) is 0.600. The molecule has 9 heteroatoms. The van der Waals surface area contributed by atoms with E-state index in [1.807, 2.05) is 6.92 Å². The van der Waals surface area contributed by atoms with E-state index in [4.69, 9.17) is 9.79 Å². The van der Waals surface area contributed by atoms with E-state index in [1.165, 1.54) is 68.6 Å². The Morgan fingerprint density at radius 1 is 0.328 bits per heavy atom. The summed E-state index contributed by atoms with van der Waals surface area (Å²) in [6.07, 6.45) is 47.2. The van der Waals surface area contributed by atoms with Crippen LogP contribution < -0.4 is 0 Å². The monoisotopic (exact) mass is 927 g/mol. The van der Waals surface area contributed by atoms with E-state index in [2.05, 4.69) is 146 Å². The number of phosphoric acid groups is 2. The standard InChI is InChI=1S/C55H92O7P2/c1-45(2)23-13-24-46(3)25-14-26-47(4)27-15-28-48(5)29-16-30-49(6)31-17-32-50(7)33-18-34-51(8)35-19-36-52(9)37-20-38-53(10)39-21-40-54(11)41-22-42-55(12)43-44-61-64(59,60)62-63(56,57)58/h23,25,27,29,31,33,35,37,39,41,43H,13-22,24,26,28,30,32,34,36,38,40,42,44H2,1-12H3,(H,59,60)(H2,56,57,58). The van der Waals surface area contributed by atoms with Crippen LogP contribution in [-0.2, 0) is 18.0 Å². The van der Waals surface area contributed by atoms with Crippen LogP contribution in [0.5, 0.6) is 0 Å². The molecule has 7 nitrogen and oxygen atoms in total. The minimum absolute atomic E-state index is 0.274. The van der Waals surface area contributed by atoms with Crippen molar-refractivity contribution >= 4 is 15.6 Å². The van der Waals surface area contributed by atoms with Crippen molar-refractivity contribution in [1.82, 2.24) is 0 Å². The molecule has 0 fully saturated rings. The summed E-state index contributed by atoms with van der Waals surface area (Å²) >= 11 is 0. The largest absolute Gasteiger partial charge is 0.481 e. The van der Waals surface area contributed by atoms with Gasteiger partial charge in [0, 0.05) is 0 Å².